The van der Waals surface area contributed by atoms with E-state index in [1.807, 2.05) is 25.1 Å². The maximum absolute atomic E-state index is 8.87. The highest BCUT2D eigenvalue weighted by Gasteiger charge is 2.06. The molecule has 0 amide bonds. The zero-order chi connectivity index (χ0) is 13.1. The van der Waals surface area contributed by atoms with Crippen molar-refractivity contribution in [3.05, 3.63) is 46.6 Å². The van der Waals surface area contributed by atoms with E-state index in [0.29, 0.717) is 16.5 Å². The monoisotopic (exact) mass is 258 g/mol. The Bertz CT molecular complexity index is 611. The highest BCUT2D eigenvalue weighted by atomic mass is 35.5. The van der Waals surface area contributed by atoms with Gasteiger partial charge < -0.3 is 11.1 Å². The van der Waals surface area contributed by atoms with Gasteiger partial charge in [0.2, 0.25) is 0 Å². The van der Waals surface area contributed by atoms with Crippen molar-refractivity contribution in [3.8, 4) is 6.07 Å². The summed E-state index contributed by atoms with van der Waals surface area (Å²) in [5, 5.41) is 12.6. The molecule has 0 fully saturated rings. The van der Waals surface area contributed by atoms with Crippen molar-refractivity contribution >= 4 is 28.8 Å². The van der Waals surface area contributed by atoms with E-state index in [0.717, 1.165) is 11.3 Å². The summed E-state index contributed by atoms with van der Waals surface area (Å²) in [4.78, 5) is 4.11. The smallest absolute Gasteiger partial charge is 0.165 e. The highest BCUT2D eigenvalue weighted by molar-refractivity contribution is 6.33. The fraction of sp³-hybridized carbons (Fsp3) is 0.0769. The fourth-order valence-electron chi connectivity index (χ4n) is 1.55. The minimum absolute atomic E-state index is 0.199. The zero-order valence-electron chi connectivity index (χ0n) is 9.74. The molecule has 0 unspecified atom stereocenters. The number of aromatic nitrogens is 1. The summed E-state index contributed by atoms with van der Waals surface area (Å²) in [5.41, 5.74) is 7.95. The first-order valence-corrected chi connectivity index (χ1v) is 5.68. The van der Waals surface area contributed by atoms with Crippen LogP contribution in [0, 0.1) is 18.3 Å². The molecule has 0 saturated carbocycles. The molecule has 1 aromatic carbocycles. The van der Waals surface area contributed by atoms with Crippen LogP contribution in [0.2, 0.25) is 5.02 Å². The molecule has 0 radical (unpaired) electrons. The van der Waals surface area contributed by atoms with Gasteiger partial charge in [0.05, 0.1) is 16.4 Å². The largest absolute Gasteiger partial charge is 0.396 e. The Kier molecular flexibility index (Phi) is 3.35. The normalized spacial score (nSPS) is 9.83. The average Bonchev–Trinajstić information content (AvgIpc) is 2.36. The van der Waals surface area contributed by atoms with Crippen molar-refractivity contribution in [2.75, 3.05) is 11.1 Å². The maximum atomic E-state index is 8.87. The standard InChI is InChI=1S/C13H11ClN4/c1-8-3-2-4-9(14)13(8)18-12-6-5-10(16)11(7-15)17-12/h2-6H,16H2,1H3,(H,17,18). The minimum atomic E-state index is 0.199. The van der Waals surface area contributed by atoms with Crippen LogP contribution in [0.4, 0.5) is 17.2 Å². The summed E-state index contributed by atoms with van der Waals surface area (Å²) in [6, 6.07) is 10.9. The average molecular weight is 259 g/mol. The number of aryl methyl sites for hydroxylation is 1. The molecule has 0 saturated heterocycles. The molecule has 0 spiro atoms. The van der Waals surface area contributed by atoms with E-state index < -0.39 is 0 Å². The molecule has 0 aliphatic heterocycles. The van der Waals surface area contributed by atoms with Crippen molar-refractivity contribution in [2.45, 2.75) is 6.92 Å². The van der Waals surface area contributed by atoms with Gasteiger partial charge in [0.25, 0.3) is 0 Å². The molecule has 90 valence electrons. The number of benzene rings is 1. The summed E-state index contributed by atoms with van der Waals surface area (Å²) < 4.78 is 0. The van der Waals surface area contributed by atoms with E-state index in [2.05, 4.69) is 10.3 Å². The molecule has 0 aliphatic rings. The second kappa shape index (κ2) is 4.94. The quantitative estimate of drug-likeness (QED) is 0.867. The van der Waals surface area contributed by atoms with Crippen LogP contribution in [0.3, 0.4) is 0 Å². The second-order valence-corrected chi connectivity index (χ2v) is 4.21. The van der Waals surface area contributed by atoms with Crippen molar-refractivity contribution in [1.29, 1.82) is 5.26 Å². The van der Waals surface area contributed by atoms with Crippen molar-refractivity contribution in [2.24, 2.45) is 0 Å². The van der Waals surface area contributed by atoms with Gasteiger partial charge in [0, 0.05) is 0 Å². The molecule has 2 aromatic rings. The van der Waals surface area contributed by atoms with Crippen LogP contribution in [0.15, 0.2) is 30.3 Å². The van der Waals surface area contributed by atoms with E-state index in [9.17, 15) is 0 Å². The lowest BCUT2D eigenvalue weighted by atomic mass is 10.2. The van der Waals surface area contributed by atoms with Crippen molar-refractivity contribution in [1.82, 2.24) is 4.98 Å². The van der Waals surface area contributed by atoms with Gasteiger partial charge in [-0.15, -0.1) is 0 Å². The molecule has 18 heavy (non-hydrogen) atoms. The summed E-state index contributed by atoms with van der Waals surface area (Å²) in [7, 11) is 0. The number of nitrogens with one attached hydrogen (secondary N) is 1. The number of halogens is 1. The van der Waals surface area contributed by atoms with E-state index in [-0.39, 0.29) is 5.69 Å². The van der Waals surface area contributed by atoms with Crippen LogP contribution in [0.5, 0.6) is 0 Å². The molecule has 0 aliphatic carbocycles. The second-order valence-electron chi connectivity index (χ2n) is 3.80. The van der Waals surface area contributed by atoms with Crippen LogP contribution in [0.1, 0.15) is 11.3 Å². The number of hydrogen-bond acceptors (Lipinski definition) is 4. The number of nitrogen functional groups attached to an aromatic ring is 1. The Morgan fingerprint density at radius 2 is 2.11 bits per heavy atom. The van der Waals surface area contributed by atoms with Gasteiger partial charge in [-0.25, -0.2) is 4.98 Å². The Labute approximate surface area is 110 Å². The molecule has 0 bridgehead atoms. The first kappa shape index (κ1) is 12.2. The van der Waals surface area contributed by atoms with Gasteiger partial charge in [0.15, 0.2) is 5.69 Å². The van der Waals surface area contributed by atoms with Gasteiger partial charge >= 0.3 is 0 Å². The van der Waals surface area contributed by atoms with Gasteiger partial charge in [-0.1, -0.05) is 23.7 Å². The molecule has 5 heteroatoms. The van der Waals surface area contributed by atoms with E-state index in [1.54, 1.807) is 18.2 Å². The number of pyridine rings is 1. The summed E-state index contributed by atoms with van der Waals surface area (Å²) in [5.74, 6) is 0.539. The number of nitrogens with zero attached hydrogens (tertiary/aromatic N) is 2. The van der Waals surface area contributed by atoms with E-state index in [4.69, 9.17) is 22.6 Å². The molecule has 4 nitrogen and oxygen atoms in total. The first-order valence-electron chi connectivity index (χ1n) is 5.30. The summed E-state index contributed by atoms with van der Waals surface area (Å²) in [6.07, 6.45) is 0. The lowest BCUT2D eigenvalue weighted by Gasteiger charge is -2.11. The first-order chi connectivity index (χ1) is 8.61. The van der Waals surface area contributed by atoms with Gasteiger partial charge in [-0.3, -0.25) is 0 Å². The Morgan fingerprint density at radius 1 is 1.33 bits per heavy atom. The summed E-state index contributed by atoms with van der Waals surface area (Å²) >= 11 is 6.10. The Hall–Kier alpha value is -2.25. The molecule has 2 rings (SSSR count). The number of para-hydroxylation sites is 1. The Morgan fingerprint density at radius 3 is 2.78 bits per heavy atom. The van der Waals surface area contributed by atoms with E-state index >= 15 is 0 Å². The number of rotatable bonds is 2. The lowest BCUT2D eigenvalue weighted by molar-refractivity contribution is 1.25. The number of hydrogen-bond donors (Lipinski definition) is 2. The molecule has 1 heterocycles. The fourth-order valence-corrected chi connectivity index (χ4v) is 1.82. The third-order valence-corrected chi connectivity index (χ3v) is 2.82. The van der Waals surface area contributed by atoms with Gasteiger partial charge in [-0.05, 0) is 30.7 Å². The van der Waals surface area contributed by atoms with Gasteiger partial charge in [-0.2, -0.15) is 5.26 Å². The number of nitriles is 1. The van der Waals surface area contributed by atoms with Crippen LogP contribution in [0.25, 0.3) is 0 Å². The third kappa shape index (κ3) is 2.36. The summed E-state index contributed by atoms with van der Waals surface area (Å²) in [6.45, 7) is 1.94. The minimum Gasteiger partial charge on any atom is -0.396 e. The van der Waals surface area contributed by atoms with Crippen LogP contribution in [-0.4, -0.2) is 4.98 Å². The number of nitrogens with two attached hydrogens (primary N) is 1. The topological polar surface area (TPSA) is 74.7 Å². The SMILES string of the molecule is Cc1cccc(Cl)c1Nc1ccc(N)c(C#N)n1. The predicted octanol–water partition coefficient (Wildman–Crippen LogP) is 3.24. The van der Waals surface area contributed by atoms with Crippen LogP contribution < -0.4 is 11.1 Å². The van der Waals surface area contributed by atoms with Crippen LogP contribution >= 0.6 is 11.6 Å². The molecular weight excluding hydrogens is 248 g/mol. The molecule has 3 N–H and O–H groups in total. The predicted molar refractivity (Wildman–Crippen MR) is 72.8 cm³/mol. The third-order valence-electron chi connectivity index (χ3n) is 2.51. The maximum Gasteiger partial charge on any atom is 0.165 e. The molecule has 0 atom stereocenters. The Balaban J connectivity index is 2.38. The molecule has 1 aromatic heterocycles. The lowest BCUT2D eigenvalue weighted by Crippen LogP contribution is -2.00. The van der Waals surface area contributed by atoms with Gasteiger partial charge in [0.1, 0.15) is 11.9 Å². The van der Waals surface area contributed by atoms with Crippen LogP contribution in [-0.2, 0) is 0 Å². The van der Waals surface area contributed by atoms with Crippen molar-refractivity contribution in [3.63, 3.8) is 0 Å². The highest BCUT2D eigenvalue weighted by Crippen LogP contribution is 2.28. The van der Waals surface area contributed by atoms with E-state index in [1.165, 1.54) is 0 Å². The van der Waals surface area contributed by atoms with Crippen molar-refractivity contribution < 1.29 is 0 Å². The molecular formula is C13H11ClN4. The zero-order valence-corrected chi connectivity index (χ0v) is 10.5. The number of anilines is 3.